The summed E-state index contributed by atoms with van der Waals surface area (Å²) >= 11 is 1.71. The molecule has 2 aliphatic heterocycles. The fourth-order valence-corrected chi connectivity index (χ4v) is 3.82. The SMILES string of the molecule is c1nc(CN2CCCC[C@H]2CCN2CCOCC2)cs1. The molecule has 0 amide bonds. The Labute approximate surface area is 125 Å². The van der Waals surface area contributed by atoms with Gasteiger partial charge in [0.25, 0.3) is 0 Å². The van der Waals surface area contributed by atoms with Gasteiger partial charge >= 0.3 is 0 Å². The van der Waals surface area contributed by atoms with Crippen molar-refractivity contribution in [1.29, 1.82) is 0 Å². The number of hydrogen-bond acceptors (Lipinski definition) is 5. The third kappa shape index (κ3) is 4.01. The number of aromatic nitrogens is 1. The van der Waals surface area contributed by atoms with Crippen molar-refractivity contribution in [3.05, 3.63) is 16.6 Å². The molecule has 0 radical (unpaired) electrons. The van der Waals surface area contributed by atoms with E-state index in [9.17, 15) is 0 Å². The minimum Gasteiger partial charge on any atom is -0.379 e. The first-order chi connectivity index (χ1) is 9.92. The highest BCUT2D eigenvalue weighted by Gasteiger charge is 2.23. The molecule has 112 valence electrons. The number of piperidine rings is 1. The van der Waals surface area contributed by atoms with Gasteiger partial charge in [0.1, 0.15) is 0 Å². The standard InChI is InChI=1S/C15H25N3OS/c1-2-5-18(11-14-12-20-13-16-14)15(3-1)4-6-17-7-9-19-10-8-17/h12-13,15H,1-11H2/t15-/m0/s1. The molecule has 3 rings (SSSR count). The van der Waals surface area contributed by atoms with E-state index >= 15 is 0 Å². The van der Waals surface area contributed by atoms with Gasteiger partial charge < -0.3 is 4.74 Å². The molecule has 5 heteroatoms. The summed E-state index contributed by atoms with van der Waals surface area (Å²) in [4.78, 5) is 9.65. The minimum absolute atomic E-state index is 0.744. The van der Waals surface area contributed by atoms with E-state index in [1.807, 2.05) is 5.51 Å². The number of nitrogens with zero attached hydrogens (tertiary/aromatic N) is 3. The molecule has 2 saturated heterocycles. The van der Waals surface area contributed by atoms with E-state index in [1.54, 1.807) is 11.3 Å². The van der Waals surface area contributed by atoms with Crippen LogP contribution in [0, 0.1) is 0 Å². The number of likely N-dealkylation sites (tertiary alicyclic amines) is 1. The Morgan fingerprint density at radius 3 is 2.95 bits per heavy atom. The maximum Gasteiger partial charge on any atom is 0.0795 e. The summed E-state index contributed by atoms with van der Waals surface area (Å²) in [6.07, 6.45) is 5.39. The molecule has 0 saturated carbocycles. The van der Waals surface area contributed by atoms with E-state index in [0.29, 0.717) is 0 Å². The lowest BCUT2D eigenvalue weighted by molar-refractivity contribution is 0.0301. The van der Waals surface area contributed by atoms with E-state index in [4.69, 9.17) is 4.74 Å². The van der Waals surface area contributed by atoms with Crippen LogP contribution in [0.3, 0.4) is 0 Å². The van der Waals surface area contributed by atoms with E-state index in [0.717, 1.165) is 38.9 Å². The summed E-state index contributed by atoms with van der Waals surface area (Å²) in [5.41, 5.74) is 3.19. The summed E-state index contributed by atoms with van der Waals surface area (Å²) in [6, 6.07) is 0.744. The fraction of sp³-hybridized carbons (Fsp3) is 0.800. The predicted molar refractivity (Wildman–Crippen MR) is 82.0 cm³/mol. The van der Waals surface area contributed by atoms with Crippen LogP contribution in [0.15, 0.2) is 10.9 Å². The summed E-state index contributed by atoms with van der Waals surface area (Å²) in [6.45, 7) is 7.54. The topological polar surface area (TPSA) is 28.6 Å². The van der Waals surface area contributed by atoms with Gasteiger partial charge in [-0.25, -0.2) is 4.98 Å². The third-order valence-corrected chi connectivity index (χ3v) is 5.12. The molecule has 20 heavy (non-hydrogen) atoms. The first kappa shape index (κ1) is 14.4. The highest BCUT2D eigenvalue weighted by molar-refractivity contribution is 7.07. The molecular weight excluding hydrogens is 270 g/mol. The van der Waals surface area contributed by atoms with Gasteiger partial charge in [0.15, 0.2) is 0 Å². The summed E-state index contributed by atoms with van der Waals surface area (Å²) < 4.78 is 5.42. The van der Waals surface area contributed by atoms with Crippen molar-refractivity contribution in [3.8, 4) is 0 Å². The zero-order valence-corrected chi connectivity index (χ0v) is 13.0. The van der Waals surface area contributed by atoms with E-state index in [1.165, 1.54) is 44.5 Å². The summed E-state index contributed by atoms with van der Waals surface area (Å²) in [5.74, 6) is 0. The highest BCUT2D eigenvalue weighted by atomic mass is 32.1. The Morgan fingerprint density at radius 1 is 1.25 bits per heavy atom. The van der Waals surface area contributed by atoms with Crippen LogP contribution in [-0.4, -0.2) is 60.2 Å². The van der Waals surface area contributed by atoms with Crippen LogP contribution in [0.2, 0.25) is 0 Å². The molecule has 2 aliphatic rings. The zero-order chi connectivity index (χ0) is 13.6. The molecule has 3 heterocycles. The normalized spacial score (nSPS) is 25.9. The Balaban J connectivity index is 1.49. The second kappa shape index (κ2) is 7.50. The maximum atomic E-state index is 5.42. The lowest BCUT2D eigenvalue weighted by Crippen LogP contribution is -2.43. The molecule has 4 nitrogen and oxygen atoms in total. The smallest absolute Gasteiger partial charge is 0.0795 e. The van der Waals surface area contributed by atoms with Crippen LogP contribution in [0.5, 0.6) is 0 Å². The summed E-state index contributed by atoms with van der Waals surface area (Å²) in [5, 5.41) is 2.19. The van der Waals surface area contributed by atoms with Crippen molar-refractivity contribution >= 4 is 11.3 Å². The van der Waals surface area contributed by atoms with E-state index in [2.05, 4.69) is 20.2 Å². The van der Waals surface area contributed by atoms with Crippen LogP contribution < -0.4 is 0 Å². The first-order valence-electron chi connectivity index (χ1n) is 7.83. The Morgan fingerprint density at radius 2 is 2.15 bits per heavy atom. The van der Waals surface area contributed by atoms with Gasteiger partial charge in [-0.15, -0.1) is 11.3 Å². The number of thiazole rings is 1. The van der Waals surface area contributed by atoms with Crippen molar-refractivity contribution in [2.45, 2.75) is 38.3 Å². The number of hydrogen-bond donors (Lipinski definition) is 0. The first-order valence-corrected chi connectivity index (χ1v) is 8.77. The van der Waals surface area contributed by atoms with E-state index < -0.39 is 0 Å². The van der Waals surface area contributed by atoms with Crippen LogP contribution in [0.1, 0.15) is 31.4 Å². The minimum atomic E-state index is 0.744. The number of rotatable bonds is 5. The van der Waals surface area contributed by atoms with Gasteiger partial charge in [0.2, 0.25) is 0 Å². The molecule has 1 aromatic rings. The van der Waals surface area contributed by atoms with Crippen molar-refractivity contribution in [1.82, 2.24) is 14.8 Å². The Kier molecular flexibility index (Phi) is 5.42. The molecule has 0 spiro atoms. The fourth-order valence-electron chi connectivity index (χ4n) is 3.28. The van der Waals surface area contributed by atoms with Crippen LogP contribution >= 0.6 is 11.3 Å². The molecule has 0 aliphatic carbocycles. The number of ether oxygens (including phenoxy) is 1. The molecule has 0 unspecified atom stereocenters. The van der Waals surface area contributed by atoms with Gasteiger partial charge in [-0.1, -0.05) is 6.42 Å². The van der Waals surface area contributed by atoms with Gasteiger partial charge in [-0.3, -0.25) is 9.80 Å². The maximum absolute atomic E-state index is 5.42. The Bertz CT molecular complexity index is 378. The lowest BCUT2D eigenvalue weighted by Gasteiger charge is -2.37. The number of morpholine rings is 1. The highest BCUT2D eigenvalue weighted by Crippen LogP contribution is 2.22. The van der Waals surface area contributed by atoms with Crippen LogP contribution in [0.25, 0.3) is 0 Å². The second-order valence-electron chi connectivity index (χ2n) is 5.84. The molecule has 0 bridgehead atoms. The Hall–Kier alpha value is -0.490. The molecule has 1 atom stereocenters. The van der Waals surface area contributed by atoms with Crippen molar-refractivity contribution < 1.29 is 4.74 Å². The predicted octanol–water partition coefficient (Wildman–Crippen LogP) is 2.22. The second-order valence-corrected chi connectivity index (χ2v) is 6.56. The van der Waals surface area contributed by atoms with Crippen LogP contribution in [-0.2, 0) is 11.3 Å². The average Bonchev–Trinajstić information content (AvgIpc) is 3.00. The van der Waals surface area contributed by atoms with Gasteiger partial charge in [-0.05, 0) is 32.4 Å². The third-order valence-electron chi connectivity index (χ3n) is 4.48. The van der Waals surface area contributed by atoms with Crippen molar-refractivity contribution in [2.24, 2.45) is 0 Å². The molecule has 0 N–H and O–H groups in total. The monoisotopic (exact) mass is 295 g/mol. The lowest BCUT2D eigenvalue weighted by atomic mass is 9.99. The van der Waals surface area contributed by atoms with Gasteiger partial charge in [0.05, 0.1) is 24.4 Å². The molecule has 0 aromatic carbocycles. The molecular formula is C15H25N3OS. The van der Waals surface area contributed by atoms with Crippen LogP contribution in [0.4, 0.5) is 0 Å². The van der Waals surface area contributed by atoms with Crippen molar-refractivity contribution in [2.75, 3.05) is 39.4 Å². The largest absolute Gasteiger partial charge is 0.379 e. The summed E-state index contributed by atoms with van der Waals surface area (Å²) in [7, 11) is 0. The molecule has 2 fully saturated rings. The average molecular weight is 295 g/mol. The van der Waals surface area contributed by atoms with Gasteiger partial charge in [0, 0.05) is 31.1 Å². The van der Waals surface area contributed by atoms with Gasteiger partial charge in [-0.2, -0.15) is 0 Å². The zero-order valence-electron chi connectivity index (χ0n) is 12.2. The van der Waals surface area contributed by atoms with Crippen molar-refractivity contribution in [3.63, 3.8) is 0 Å². The molecule has 1 aromatic heterocycles. The van der Waals surface area contributed by atoms with E-state index in [-0.39, 0.29) is 0 Å². The quantitative estimate of drug-likeness (QED) is 0.833.